The first-order valence-electron chi connectivity index (χ1n) is 6.38. The molecule has 2 heterocycles. The number of fused-ring (bicyclic) bond motifs is 1. The number of methoxy groups -OCH3 is 1. The summed E-state index contributed by atoms with van der Waals surface area (Å²) < 4.78 is 11.6. The Hall–Kier alpha value is -0.870. The van der Waals surface area contributed by atoms with Gasteiger partial charge in [0.25, 0.3) is 0 Å². The second kappa shape index (κ2) is 4.67. The predicted octanol–water partition coefficient (Wildman–Crippen LogP) is 2.61. The lowest BCUT2D eigenvalue weighted by Gasteiger charge is -2.39. The van der Waals surface area contributed by atoms with E-state index in [1.807, 2.05) is 30.9 Å². The molecule has 18 heavy (non-hydrogen) atoms. The molecule has 0 radical (unpaired) electrons. The third-order valence-electron chi connectivity index (χ3n) is 3.91. The molecule has 0 saturated carbocycles. The van der Waals surface area contributed by atoms with Crippen molar-refractivity contribution < 1.29 is 9.47 Å². The summed E-state index contributed by atoms with van der Waals surface area (Å²) in [6, 6.07) is 6.48. The summed E-state index contributed by atoms with van der Waals surface area (Å²) in [5.41, 5.74) is 1.26. The van der Waals surface area contributed by atoms with E-state index in [0.29, 0.717) is 6.04 Å². The fourth-order valence-corrected chi connectivity index (χ4v) is 4.22. The van der Waals surface area contributed by atoms with Crippen molar-refractivity contribution in [3.8, 4) is 11.5 Å². The van der Waals surface area contributed by atoms with Gasteiger partial charge in [0.05, 0.1) is 7.11 Å². The van der Waals surface area contributed by atoms with Gasteiger partial charge in [0.1, 0.15) is 17.1 Å². The van der Waals surface area contributed by atoms with Crippen molar-refractivity contribution in [3.63, 3.8) is 0 Å². The molecule has 3 nitrogen and oxygen atoms in total. The average molecular weight is 265 g/mol. The minimum absolute atomic E-state index is 0.0416. The van der Waals surface area contributed by atoms with E-state index in [2.05, 4.69) is 11.4 Å². The van der Waals surface area contributed by atoms with E-state index in [4.69, 9.17) is 9.47 Å². The van der Waals surface area contributed by atoms with Crippen LogP contribution >= 0.6 is 11.8 Å². The highest BCUT2D eigenvalue weighted by Crippen LogP contribution is 2.46. The number of ether oxygens (including phenoxy) is 2. The van der Waals surface area contributed by atoms with Crippen molar-refractivity contribution in [1.29, 1.82) is 0 Å². The minimum atomic E-state index is 0.0416. The Kier molecular flexibility index (Phi) is 3.16. The van der Waals surface area contributed by atoms with Crippen LogP contribution in [0.1, 0.15) is 24.4 Å². The summed E-state index contributed by atoms with van der Waals surface area (Å²) in [4.78, 5) is 0. The maximum atomic E-state index is 6.30. The molecule has 1 spiro atoms. The van der Waals surface area contributed by atoms with Crippen LogP contribution in [0.15, 0.2) is 18.2 Å². The fourth-order valence-electron chi connectivity index (χ4n) is 2.86. The Balaban J connectivity index is 1.98. The first-order valence-corrected chi connectivity index (χ1v) is 7.54. The average Bonchev–Trinajstić information content (AvgIpc) is 2.85. The van der Waals surface area contributed by atoms with Gasteiger partial charge in [-0.25, -0.2) is 0 Å². The summed E-state index contributed by atoms with van der Waals surface area (Å²) in [6.07, 6.45) is 2.21. The molecule has 0 bridgehead atoms. The number of thioether (sulfide) groups is 1. The summed E-state index contributed by atoms with van der Waals surface area (Å²) in [5.74, 6) is 4.23. The monoisotopic (exact) mass is 265 g/mol. The summed E-state index contributed by atoms with van der Waals surface area (Å²) in [6.45, 7) is 0. The predicted molar refractivity (Wildman–Crippen MR) is 74.7 cm³/mol. The van der Waals surface area contributed by atoms with Crippen LogP contribution in [-0.4, -0.2) is 31.3 Å². The molecule has 2 aliphatic rings. The van der Waals surface area contributed by atoms with E-state index in [0.717, 1.165) is 30.1 Å². The van der Waals surface area contributed by atoms with E-state index in [9.17, 15) is 0 Å². The molecular formula is C14H19NO2S. The van der Waals surface area contributed by atoms with Crippen LogP contribution in [0, 0.1) is 0 Å². The zero-order chi connectivity index (χ0) is 12.6. The maximum absolute atomic E-state index is 6.30. The van der Waals surface area contributed by atoms with E-state index in [1.54, 1.807) is 7.11 Å². The molecule has 0 aliphatic carbocycles. The molecule has 1 saturated heterocycles. The molecule has 1 fully saturated rings. The molecule has 3 rings (SSSR count). The van der Waals surface area contributed by atoms with Gasteiger partial charge in [0.15, 0.2) is 0 Å². The topological polar surface area (TPSA) is 30.5 Å². The Morgan fingerprint density at radius 1 is 1.50 bits per heavy atom. The second-order valence-electron chi connectivity index (χ2n) is 5.04. The van der Waals surface area contributed by atoms with Gasteiger partial charge in [-0.2, -0.15) is 11.8 Å². The lowest BCUT2D eigenvalue weighted by molar-refractivity contribution is 0.0563. The number of hydrogen-bond donors (Lipinski definition) is 1. The molecule has 0 aromatic heterocycles. The maximum Gasteiger partial charge on any atom is 0.125 e. The zero-order valence-electron chi connectivity index (χ0n) is 10.9. The molecule has 1 N–H and O–H groups in total. The quantitative estimate of drug-likeness (QED) is 0.890. The van der Waals surface area contributed by atoms with Gasteiger partial charge in [0, 0.05) is 23.8 Å². The van der Waals surface area contributed by atoms with E-state index < -0.39 is 0 Å². The SMILES string of the molecule is CNC1CC2(CCSC2)Oc2ccc(OC)cc21. The Morgan fingerprint density at radius 2 is 2.39 bits per heavy atom. The van der Waals surface area contributed by atoms with Crippen LogP contribution in [0.5, 0.6) is 11.5 Å². The molecule has 1 aromatic carbocycles. The molecule has 98 valence electrons. The van der Waals surface area contributed by atoms with Gasteiger partial charge in [0.2, 0.25) is 0 Å². The number of rotatable bonds is 2. The smallest absolute Gasteiger partial charge is 0.125 e. The number of benzene rings is 1. The van der Waals surface area contributed by atoms with Crippen LogP contribution in [-0.2, 0) is 0 Å². The first-order chi connectivity index (χ1) is 8.76. The Morgan fingerprint density at radius 3 is 3.06 bits per heavy atom. The fraction of sp³-hybridized carbons (Fsp3) is 0.571. The van der Waals surface area contributed by atoms with Crippen molar-refractivity contribution in [2.24, 2.45) is 0 Å². The van der Waals surface area contributed by atoms with E-state index in [1.165, 1.54) is 11.3 Å². The minimum Gasteiger partial charge on any atom is -0.497 e. The highest BCUT2D eigenvalue weighted by molar-refractivity contribution is 7.99. The number of hydrogen-bond acceptors (Lipinski definition) is 4. The van der Waals surface area contributed by atoms with Crippen LogP contribution < -0.4 is 14.8 Å². The highest BCUT2D eigenvalue weighted by Gasteiger charge is 2.43. The molecule has 2 atom stereocenters. The third kappa shape index (κ3) is 1.97. The Bertz CT molecular complexity index is 443. The zero-order valence-corrected chi connectivity index (χ0v) is 11.7. The van der Waals surface area contributed by atoms with Gasteiger partial charge >= 0.3 is 0 Å². The van der Waals surface area contributed by atoms with Gasteiger partial charge in [-0.05, 0) is 37.4 Å². The van der Waals surface area contributed by atoms with Crippen molar-refractivity contribution >= 4 is 11.8 Å². The molecule has 4 heteroatoms. The third-order valence-corrected chi connectivity index (χ3v) is 5.13. The van der Waals surface area contributed by atoms with Crippen molar-refractivity contribution in [1.82, 2.24) is 5.32 Å². The van der Waals surface area contributed by atoms with Crippen molar-refractivity contribution in [3.05, 3.63) is 23.8 Å². The van der Waals surface area contributed by atoms with Crippen LogP contribution in [0.25, 0.3) is 0 Å². The highest BCUT2D eigenvalue weighted by atomic mass is 32.2. The van der Waals surface area contributed by atoms with Crippen LogP contribution in [0.3, 0.4) is 0 Å². The van der Waals surface area contributed by atoms with Gasteiger partial charge in [-0.1, -0.05) is 0 Å². The van der Waals surface area contributed by atoms with Gasteiger partial charge in [-0.15, -0.1) is 0 Å². The lowest BCUT2D eigenvalue weighted by Crippen LogP contribution is -2.43. The molecule has 1 aromatic rings. The van der Waals surface area contributed by atoms with Crippen molar-refractivity contribution in [2.45, 2.75) is 24.5 Å². The van der Waals surface area contributed by atoms with Crippen molar-refractivity contribution in [2.75, 3.05) is 25.7 Å². The van der Waals surface area contributed by atoms with Crippen LogP contribution in [0.2, 0.25) is 0 Å². The Labute approximate surface area is 112 Å². The van der Waals surface area contributed by atoms with Gasteiger partial charge < -0.3 is 14.8 Å². The summed E-state index contributed by atoms with van der Waals surface area (Å²) in [5, 5.41) is 3.42. The van der Waals surface area contributed by atoms with E-state index in [-0.39, 0.29) is 5.60 Å². The molecular weight excluding hydrogens is 246 g/mol. The molecule has 2 unspecified atom stereocenters. The summed E-state index contributed by atoms with van der Waals surface area (Å²) >= 11 is 2.00. The normalized spacial score (nSPS) is 30.0. The largest absolute Gasteiger partial charge is 0.497 e. The summed E-state index contributed by atoms with van der Waals surface area (Å²) in [7, 11) is 3.73. The van der Waals surface area contributed by atoms with E-state index >= 15 is 0 Å². The standard InChI is InChI=1S/C14H19NO2S/c1-15-12-8-14(5-6-18-9-14)17-13-4-3-10(16-2)7-11(12)13/h3-4,7,12,15H,5-6,8-9H2,1-2H3. The number of nitrogens with one attached hydrogen (secondary N) is 1. The molecule has 0 amide bonds. The molecule has 2 aliphatic heterocycles. The second-order valence-corrected chi connectivity index (χ2v) is 6.14. The first kappa shape index (κ1) is 12.2. The van der Waals surface area contributed by atoms with Gasteiger partial charge in [-0.3, -0.25) is 0 Å². The lowest BCUT2D eigenvalue weighted by atomic mass is 9.86. The van der Waals surface area contributed by atoms with Crippen LogP contribution in [0.4, 0.5) is 0 Å².